The molecule has 0 saturated carbocycles. The van der Waals surface area contributed by atoms with Gasteiger partial charge in [0.05, 0.1) is 6.61 Å². The van der Waals surface area contributed by atoms with Crippen molar-refractivity contribution < 1.29 is 19.1 Å². The van der Waals surface area contributed by atoms with Crippen LogP contribution in [-0.2, 0) is 9.59 Å². The molecule has 7 nitrogen and oxygen atoms in total. The Morgan fingerprint density at radius 3 is 2.06 bits per heavy atom. The van der Waals surface area contributed by atoms with Crippen LogP contribution < -0.4 is 20.7 Å². The first-order chi connectivity index (χ1) is 25.5. The number of amides is 3. The lowest BCUT2D eigenvalue weighted by Gasteiger charge is -2.18. The largest absolute Gasteiger partial charge is 0.494 e. The zero-order valence-electron chi connectivity index (χ0n) is 28.8. The number of fused-ring (bicyclic) bond motifs is 1. The van der Waals surface area contributed by atoms with Gasteiger partial charge in [0.1, 0.15) is 16.7 Å². The molecule has 0 radical (unpaired) electrons. The Bertz CT molecular complexity index is 2150. The van der Waals surface area contributed by atoms with Crippen molar-refractivity contribution in [2.24, 2.45) is 0 Å². The van der Waals surface area contributed by atoms with Crippen molar-refractivity contribution >= 4 is 57.7 Å². The number of rotatable bonds is 14. The predicted octanol–water partition coefficient (Wildman–Crippen LogP) is 9.90. The van der Waals surface area contributed by atoms with Crippen LogP contribution in [0.15, 0.2) is 162 Å². The van der Waals surface area contributed by atoms with E-state index < -0.39 is 17.1 Å². The summed E-state index contributed by atoms with van der Waals surface area (Å²) in [5.74, 6) is -0.260. The summed E-state index contributed by atoms with van der Waals surface area (Å²) in [6.07, 6.45) is 3.74. The van der Waals surface area contributed by atoms with E-state index in [0.29, 0.717) is 23.5 Å². The molecule has 260 valence electrons. The number of anilines is 2. The van der Waals surface area contributed by atoms with E-state index in [4.69, 9.17) is 4.74 Å². The van der Waals surface area contributed by atoms with E-state index in [2.05, 4.69) is 22.9 Å². The van der Waals surface area contributed by atoms with Crippen LogP contribution in [0.25, 0.3) is 16.8 Å². The zero-order chi connectivity index (χ0) is 36.1. The third-order valence-corrected chi connectivity index (χ3v) is 9.51. The molecule has 0 fully saturated rings. The van der Waals surface area contributed by atoms with Gasteiger partial charge in [0, 0.05) is 21.8 Å². The number of hydrogen-bond donors (Lipinski definition) is 3. The van der Waals surface area contributed by atoms with Crippen molar-refractivity contribution in [2.75, 3.05) is 17.2 Å². The van der Waals surface area contributed by atoms with Gasteiger partial charge in [-0.15, -0.1) is 11.8 Å². The highest BCUT2D eigenvalue weighted by Crippen LogP contribution is 2.37. The molecule has 3 N–H and O–H groups in total. The first kappa shape index (κ1) is 35.7. The van der Waals surface area contributed by atoms with Gasteiger partial charge in [-0.3, -0.25) is 14.4 Å². The minimum atomic E-state index is -0.537. The fraction of sp³-hybridized carbons (Fsp3) is 0.114. The van der Waals surface area contributed by atoms with E-state index in [1.165, 1.54) is 11.8 Å². The molecule has 0 spiro atoms. The second kappa shape index (κ2) is 17.7. The second-order valence-corrected chi connectivity index (χ2v) is 13.2. The molecule has 0 heterocycles. The summed E-state index contributed by atoms with van der Waals surface area (Å²) in [6.45, 7) is 2.78. The van der Waals surface area contributed by atoms with Crippen LogP contribution in [0.3, 0.4) is 0 Å². The Balaban J connectivity index is 1.18. The molecule has 0 aliphatic heterocycles. The van der Waals surface area contributed by atoms with Gasteiger partial charge in [-0.2, -0.15) is 0 Å². The number of benzene rings is 6. The van der Waals surface area contributed by atoms with E-state index in [0.717, 1.165) is 45.4 Å². The van der Waals surface area contributed by atoms with E-state index in [1.807, 2.05) is 115 Å². The molecule has 8 heteroatoms. The molecule has 3 amide bonds. The highest BCUT2D eigenvalue weighted by Gasteiger charge is 2.23. The van der Waals surface area contributed by atoms with Gasteiger partial charge in [-0.1, -0.05) is 104 Å². The molecule has 0 aliphatic rings. The Hall–Kier alpha value is -6.12. The fourth-order valence-corrected chi connectivity index (χ4v) is 6.53. The highest BCUT2D eigenvalue weighted by molar-refractivity contribution is 8.00. The van der Waals surface area contributed by atoms with Crippen LogP contribution in [0.5, 0.6) is 5.75 Å². The maximum atomic E-state index is 13.8. The lowest BCUT2D eigenvalue weighted by molar-refractivity contribution is -0.116. The lowest BCUT2D eigenvalue weighted by atomic mass is 10.0. The van der Waals surface area contributed by atoms with Crippen molar-refractivity contribution in [3.05, 3.63) is 174 Å². The minimum absolute atomic E-state index is 0.102. The van der Waals surface area contributed by atoms with E-state index in [9.17, 15) is 14.4 Å². The maximum absolute atomic E-state index is 13.8. The van der Waals surface area contributed by atoms with Crippen molar-refractivity contribution in [3.8, 4) is 5.75 Å². The van der Waals surface area contributed by atoms with Crippen molar-refractivity contribution in [1.29, 1.82) is 0 Å². The standard InChI is InChI=1S/C44H39N3O4S/c1-2-3-29-51-37-25-21-35(22-26-37)46-44(50)41(32-14-6-4-7-15-32)52-38-27-23-36(24-28-38)45-43(49)40(47-42(48)33-16-8-5-9-17-33)30-34-19-12-18-31-13-10-11-20-39(31)34/h4-28,30,41H,2-3,29H2,1H3,(H,45,49)(H,46,50)(H,47,48)/b40-30-. The first-order valence-corrected chi connectivity index (χ1v) is 18.1. The molecule has 1 atom stereocenters. The second-order valence-electron chi connectivity index (χ2n) is 12.0. The summed E-state index contributed by atoms with van der Waals surface area (Å²) in [7, 11) is 0. The fourth-order valence-electron chi connectivity index (χ4n) is 5.50. The number of carbonyl (C=O) groups excluding carboxylic acids is 3. The molecule has 0 aromatic heterocycles. The Labute approximate surface area is 308 Å². The molecule has 6 aromatic rings. The van der Waals surface area contributed by atoms with Gasteiger partial charge in [0.15, 0.2) is 0 Å². The lowest BCUT2D eigenvalue weighted by Crippen LogP contribution is -2.30. The van der Waals surface area contributed by atoms with Crippen LogP contribution in [0.4, 0.5) is 11.4 Å². The maximum Gasteiger partial charge on any atom is 0.272 e. The summed E-state index contributed by atoms with van der Waals surface area (Å²) < 4.78 is 5.76. The molecular weight excluding hydrogens is 667 g/mol. The van der Waals surface area contributed by atoms with Gasteiger partial charge < -0.3 is 20.7 Å². The number of nitrogens with one attached hydrogen (secondary N) is 3. The zero-order valence-corrected chi connectivity index (χ0v) is 29.6. The molecule has 6 rings (SSSR count). The smallest absolute Gasteiger partial charge is 0.272 e. The Morgan fingerprint density at radius 1 is 0.692 bits per heavy atom. The Morgan fingerprint density at radius 2 is 1.33 bits per heavy atom. The number of carbonyl (C=O) groups is 3. The van der Waals surface area contributed by atoms with E-state index in [1.54, 1.807) is 42.5 Å². The number of ether oxygens (including phenoxy) is 1. The summed E-state index contributed by atoms with van der Waals surface area (Å²) in [4.78, 5) is 41.4. The molecule has 0 saturated heterocycles. The van der Waals surface area contributed by atoms with Crippen molar-refractivity contribution in [2.45, 2.75) is 29.9 Å². The third-order valence-electron chi connectivity index (χ3n) is 8.25. The molecule has 1 unspecified atom stereocenters. The topological polar surface area (TPSA) is 96.5 Å². The van der Waals surface area contributed by atoms with Crippen molar-refractivity contribution in [1.82, 2.24) is 5.32 Å². The van der Waals surface area contributed by atoms with Gasteiger partial charge in [0.25, 0.3) is 11.8 Å². The Kier molecular flexibility index (Phi) is 12.1. The number of unbranched alkanes of at least 4 members (excludes halogenated alkanes) is 1. The van der Waals surface area contributed by atoms with Crippen LogP contribution in [0, 0.1) is 0 Å². The summed E-state index contributed by atoms with van der Waals surface area (Å²) in [5, 5.41) is 10.2. The number of thioether (sulfide) groups is 1. The average Bonchev–Trinajstić information content (AvgIpc) is 3.18. The molecule has 0 bridgehead atoms. The monoisotopic (exact) mass is 705 g/mol. The van der Waals surface area contributed by atoms with Gasteiger partial charge in [-0.25, -0.2) is 0 Å². The van der Waals surface area contributed by atoms with Gasteiger partial charge in [0.2, 0.25) is 5.91 Å². The first-order valence-electron chi connectivity index (χ1n) is 17.2. The molecule has 52 heavy (non-hydrogen) atoms. The van der Waals surface area contributed by atoms with E-state index in [-0.39, 0.29) is 11.6 Å². The number of hydrogen-bond acceptors (Lipinski definition) is 5. The third kappa shape index (κ3) is 9.56. The summed E-state index contributed by atoms with van der Waals surface area (Å²) in [5.41, 5.74) is 3.41. The minimum Gasteiger partial charge on any atom is -0.494 e. The predicted molar refractivity (Wildman–Crippen MR) is 211 cm³/mol. The van der Waals surface area contributed by atoms with Crippen LogP contribution in [0.2, 0.25) is 0 Å². The summed E-state index contributed by atoms with van der Waals surface area (Å²) in [6, 6.07) is 46.8. The van der Waals surface area contributed by atoms with Crippen LogP contribution in [-0.4, -0.2) is 24.3 Å². The average molecular weight is 706 g/mol. The highest BCUT2D eigenvalue weighted by atomic mass is 32.2. The quantitative estimate of drug-likeness (QED) is 0.0596. The van der Waals surface area contributed by atoms with Gasteiger partial charge in [-0.05, 0) is 95.1 Å². The van der Waals surface area contributed by atoms with Crippen molar-refractivity contribution in [3.63, 3.8) is 0 Å². The molecule has 0 aliphatic carbocycles. The summed E-state index contributed by atoms with van der Waals surface area (Å²) >= 11 is 1.41. The van der Waals surface area contributed by atoms with Crippen LogP contribution in [0.1, 0.15) is 46.5 Å². The molecule has 6 aromatic carbocycles. The van der Waals surface area contributed by atoms with E-state index >= 15 is 0 Å². The van der Waals surface area contributed by atoms with Gasteiger partial charge >= 0.3 is 0 Å². The SMILES string of the molecule is CCCCOc1ccc(NC(=O)C(Sc2ccc(NC(=O)/C(=C/c3cccc4ccccc34)NC(=O)c3ccccc3)cc2)c2ccccc2)cc1. The normalized spacial score (nSPS) is 11.8. The molecular formula is C44H39N3O4S. The van der Waals surface area contributed by atoms with Crippen LogP contribution >= 0.6 is 11.8 Å².